The predicted molar refractivity (Wildman–Crippen MR) is 126 cm³/mol. The highest BCUT2D eigenvalue weighted by Crippen LogP contribution is 2.40. The lowest BCUT2D eigenvalue weighted by Gasteiger charge is -2.26. The highest BCUT2D eigenvalue weighted by molar-refractivity contribution is 5.99. The number of rotatable bonds is 3. The molecule has 0 saturated carbocycles. The van der Waals surface area contributed by atoms with E-state index in [4.69, 9.17) is 4.74 Å². The number of carbonyl (C=O) groups excluding carboxylic acids is 1. The molecule has 5 nitrogen and oxygen atoms in total. The van der Waals surface area contributed by atoms with Gasteiger partial charge in [-0.2, -0.15) is 0 Å². The lowest BCUT2D eigenvalue weighted by molar-refractivity contribution is 0.0724. The molecule has 160 valence electrons. The molecule has 0 radical (unpaired) electrons. The number of nitrogens with zero attached hydrogens (tertiary/aromatic N) is 2. The van der Waals surface area contributed by atoms with E-state index in [0.717, 1.165) is 83.6 Å². The van der Waals surface area contributed by atoms with Crippen LogP contribution in [0.25, 0.3) is 33.3 Å². The Kier molecular flexibility index (Phi) is 4.67. The third-order valence-electron chi connectivity index (χ3n) is 6.62. The molecule has 2 aromatic heterocycles. The molecule has 0 spiro atoms. The second kappa shape index (κ2) is 7.83. The van der Waals surface area contributed by atoms with E-state index < -0.39 is 0 Å². The molecule has 1 N–H and O–H groups in total. The number of H-pyrrole nitrogens is 1. The summed E-state index contributed by atoms with van der Waals surface area (Å²) in [6, 6.07) is 16.4. The Balaban J connectivity index is 1.39. The number of nitrogens with one attached hydrogen (secondary N) is 1. The quantitative estimate of drug-likeness (QED) is 0.476. The Morgan fingerprint density at radius 3 is 2.75 bits per heavy atom. The molecule has 6 rings (SSSR count). The number of fused-ring (bicyclic) bond motifs is 2. The average Bonchev–Trinajstić information content (AvgIpc) is 3.51. The van der Waals surface area contributed by atoms with Crippen LogP contribution in [0.3, 0.4) is 0 Å². The lowest BCUT2D eigenvalue weighted by atomic mass is 9.99. The zero-order valence-corrected chi connectivity index (χ0v) is 17.9. The fraction of sp³-hybridized carbons (Fsp3) is 0.259. The summed E-state index contributed by atoms with van der Waals surface area (Å²) in [5.41, 5.74) is 7.04. The van der Waals surface area contributed by atoms with Crippen LogP contribution in [0.15, 0.2) is 60.9 Å². The maximum atomic E-state index is 13.0. The van der Waals surface area contributed by atoms with Crippen molar-refractivity contribution < 1.29 is 9.53 Å². The Bertz CT molecular complexity index is 1320. The van der Waals surface area contributed by atoms with Crippen molar-refractivity contribution in [1.82, 2.24) is 14.9 Å². The summed E-state index contributed by atoms with van der Waals surface area (Å²) in [5, 5.41) is 1.05. The van der Waals surface area contributed by atoms with Gasteiger partial charge >= 0.3 is 0 Å². The van der Waals surface area contributed by atoms with Gasteiger partial charge in [0, 0.05) is 59.5 Å². The number of hydrogen-bond donors (Lipinski definition) is 1. The number of amides is 1. The molecule has 2 aromatic carbocycles. The van der Waals surface area contributed by atoms with Gasteiger partial charge in [0.25, 0.3) is 5.91 Å². The van der Waals surface area contributed by atoms with Crippen LogP contribution in [0, 0.1) is 0 Å². The van der Waals surface area contributed by atoms with Gasteiger partial charge in [-0.15, -0.1) is 0 Å². The summed E-state index contributed by atoms with van der Waals surface area (Å²) >= 11 is 0. The van der Waals surface area contributed by atoms with Crippen LogP contribution in [-0.2, 0) is 6.42 Å². The second-order valence-corrected chi connectivity index (χ2v) is 8.65. The molecule has 1 amide bonds. The van der Waals surface area contributed by atoms with E-state index in [1.807, 2.05) is 41.6 Å². The van der Waals surface area contributed by atoms with E-state index in [1.54, 1.807) is 0 Å². The van der Waals surface area contributed by atoms with Gasteiger partial charge in [0.05, 0.1) is 6.61 Å². The van der Waals surface area contributed by atoms with E-state index >= 15 is 0 Å². The fourth-order valence-electron chi connectivity index (χ4n) is 4.92. The molecule has 0 bridgehead atoms. The summed E-state index contributed by atoms with van der Waals surface area (Å²) in [6.07, 6.45) is 8.23. The van der Waals surface area contributed by atoms with Crippen LogP contribution in [0.5, 0.6) is 5.75 Å². The first-order valence-electron chi connectivity index (χ1n) is 11.4. The molecule has 5 heteroatoms. The van der Waals surface area contributed by atoms with Crippen molar-refractivity contribution in [3.05, 3.63) is 72.1 Å². The van der Waals surface area contributed by atoms with E-state index in [1.165, 1.54) is 12.0 Å². The Morgan fingerprint density at radius 2 is 1.84 bits per heavy atom. The number of likely N-dealkylation sites (tertiary alicyclic amines) is 1. The molecule has 4 heterocycles. The number of pyridine rings is 1. The van der Waals surface area contributed by atoms with Crippen molar-refractivity contribution in [3.8, 4) is 28.0 Å². The molecule has 4 aromatic rings. The van der Waals surface area contributed by atoms with E-state index in [-0.39, 0.29) is 5.91 Å². The van der Waals surface area contributed by atoms with E-state index in [2.05, 4.69) is 34.2 Å². The maximum Gasteiger partial charge on any atom is 0.253 e. The fourth-order valence-corrected chi connectivity index (χ4v) is 4.92. The third kappa shape index (κ3) is 3.25. The van der Waals surface area contributed by atoms with Gasteiger partial charge in [-0.25, -0.2) is 4.98 Å². The van der Waals surface area contributed by atoms with Crippen LogP contribution in [0.1, 0.15) is 35.2 Å². The summed E-state index contributed by atoms with van der Waals surface area (Å²) in [7, 11) is 0. The lowest BCUT2D eigenvalue weighted by Crippen LogP contribution is -2.35. The molecular formula is C27H25N3O2. The van der Waals surface area contributed by atoms with E-state index in [9.17, 15) is 4.79 Å². The highest BCUT2D eigenvalue weighted by Gasteiger charge is 2.21. The number of benzene rings is 2. The van der Waals surface area contributed by atoms with Crippen molar-refractivity contribution >= 4 is 16.9 Å². The molecule has 0 atom stereocenters. The number of aromatic amines is 1. The SMILES string of the molecule is O=C(c1cccc(-c2cnc3[nH]cc(-c4cccc5c4OCC5)c3c2)c1)N1CCCCC1. The van der Waals surface area contributed by atoms with Crippen LogP contribution < -0.4 is 4.74 Å². The molecular weight excluding hydrogens is 398 g/mol. The Hall–Kier alpha value is -3.60. The van der Waals surface area contributed by atoms with Crippen molar-refractivity contribution in [2.24, 2.45) is 0 Å². The molecule has 0 aliphatic carbocycles. The minimum absolute atomic E-state index is 0.125. The first-order chi connectivity index (χ1) is 15.8. The molecule has 1 fully saturated rings. The van der Waals surface area contributed by atoms with Crippen LogP contribution in [-0.4, -0.2) is 40.5 Å². The molecule has 2 aliphatic heterocycles. The van der Waals surface area contributed by atoms with Gasteiger partial charge < -0.3 is 14.6 Å². The van der Waals surface area contributed by atoms with E-state index in [0.29, 0.717) is 0 Å². The zero-order valence-electron chi connectivity index (χ0n) is 17.9. The Labute approximate surface area is 187 Å². The molecule has 0 unspecified atom stereocenters. The summed E-state index contributed by atoms with van der Waals surface area (Å²) in [4.78, 5) is 22.9. The molecule has 2 aliphatic rings. The first-order valence-corrected chi connectivity index (χ1v) is 11.4. The monoisotopic (exact) mass is 423 g/mol. The van der Waals surface area contributed by atoms with Crippen molar-refractivity contribution in [1.29, 1.82) is 0 Å². The van der Waals surface area contributed by atoms with Gasteiger partial charge in [0.2, 0.25) is 0 Å². The van der Waals surface area contributed by atoms with Gasteiger partial charge in [-0.1, -0.05) is 30.3 Å². The maximum absolute atomic E-state index is 13.0. The van der Waals surface area contributed by atoms with Crippen molar-refractivity contribution in [2.75, 3.05) is 19.7 Å². The highest BCUT2D eigenvalue weighted by atomic mass is 16.5. The normalized spacial score (nSPS) is 15.6. The van der Waals surface area contributed by atoms with Crippen LogP contribution in [0.4, 0.5) is 0 Å². The number of piperidine rings is 1. The molecule has 32 heavy (non-hydrogen) atoms. The first kappa shape index (κ1) is 19.1. The van der Waals surface area contributed by atoms with Crippen LogP contribution in [0.2, 0.25) is 0 Å². The van der Waals surface area contributed by atoms with Gasteiger partial charge in [-0.3, -0.25) is 4.79 Å². The number of aromatic nitrogens is 2. The predicted octanol–water partition coefficient (Wildman–Crippen LogP) is 5.46. The van der Waals surface area contributed by atoms with Gasteiger partial charge in [-0.05, 0) is 48.6 Å². The van der Waals surface area contributed by atoms with Gasteiger partial charge in [0.15, 0.2) is 0 Å². The number of hydrogen-bond acceptors (Lipinski definition) is 3. The standard InChI is InChI=1S/C27H25N3O2/c31-27(30-11-2-1-3-12-30)20-8-4-7-19(14-20)21-15-23-24(17-29-26(23)28-16-21)22-9-5-6-18-10-13-32-25(18)22/h4-9,14-17H,1-3,10-13H2,(H,28,29). The van der Waals surface area contributed by atoms with Crippen LogP contribution >= 0.6 is 0 Å². The smallest absolute Gasteiger partial charge is 0.253 e. The summed E-state index contributed by atoms with van der Waals surface area (Å²) < 4.78 is 5.94. The zero-order chi connectivity index (χ0) is 21.5. The van der Waals surface area contributed by atoms with Crippen molar-refractivity contribution in [2.45, 2.75) is 25.7 Å². The number of carbonyl (C=O) groups is 1. The van der Waals surface area contributed by atoms with Gasteiger partial charge in [0.1, 0.15) is 11.4 Å². The Morgan fingerprint density at radius 1 is 0.969 bits per heavy atom. The van der Waals surface area contributed by atoms with Crippen molar-refractivity contribution in [3.63, 3.8) is 0 Å². The summed E-state index contributed by atoms with van der Waals surface area (Å²) in [5.74, 6) is 1.10. The topological polar surface area (TPSA) is 58.2 Å². The number of para-hydroxylation sites is 1. The third-order valence-corrected chi connectivity index (χ3v) is 6.62. The minimum atomic E-state index is 0.125. The number of ether oxygens (including phenoxy) is 1. The average molecular weight is 424 g/mol. The molecule has 1 saturated heterocycles. The largest absolute Gasteiger partial charge is 0.492 e. The second-order valence-electron chi connectivity index (χ2n) is 8.65. The summed E-state index contributed by atoms with van der Waals surface area (Å²) in [6.45, 7) is 2.44. The minimum Gasteiger partial charge on any atom is -0.492 e.